The van der Waals surface area contributed by atoms with E-state index >= 15 is 0 Å². The van der Waals surface area contributed by atoms with Crippen molar-refractivity contribution in [1.29, 1.82) is 0 Å². The lowest BCUT2D eigenvalue weighted by Crippen LogP contribution is -2.28. The topological polar surface area (TPSA) is 69.0 Å². The van der Waals surface area contributed by atoms with Crippen LogP contribution < -0.4 is 10.1 Å². The lowest BCUT2D eigenvalue weighted by Gasteiger charge is -2.24. The number of anilines is 1. The number of hydrogen-bond donors (Lipinski definition) is 1. The minimum absolute atomic E-state index is 0.0438. The van der Waals surface area contributed by atoms with Crippen LogP contribution in [0, 0.1) is 11.7 Å². The summed E-state index contributed by atoms with van der Waals surface area (Å²) in [5.41, 5.74) is 1.97. The maximum absolute atomic E-state index is 13.7. The highest BCUT2D eigenvalue weighted by Gasteiger charge is 2.25. The van der Waals surface area contributed by atoms with Crippen molar-refractivity contribution in [1.82, 2.24) is 14.8 Å². The minimum Gasteiger partial charge on any atom is -0.463 e. The predicted octanol–water partition coefficient (Wildman–Crippen LogP) is 4.21. The van der Waals surface area contributed by atoms with E-state index < -0.39 is 0 Å². The van der Waals surface area contributed by atoms with Gasteiger partial charge in [-0.05, 0) is 50.1 Å². The average molecular weight is 380 g/mol. The normalized spacial score (nSPS) is 13.8. The molecule has 1 saturated carbocycles. The number of halogens is 1. The molecule has 7 heteroatoms. The van der Waals surface area contributed by atoms with Crippen molar-refractivity contribution in [3.05, 3.63) is 54.3 Å². The van der Waals surface area contributed by atoms with Crippen LogP contribution in [0.2, 0.25) is 0 Å². The van der Waals surface area contributed by atoms with E-state index in [-0.39, 0.29) is 23.7 Å². The smallest absolute Gasteiger partial charge is 0.336 e. The summed E-state index contributed by atoms with van der Waals surface area (Å²) in [4.78, 5) is 16.7. The Labute approximate surface area is 162 Å². The molecule has 1 aliphatic rings. The standard InChI is InChI=1S/C21H21FN4O2/c1-2-28-21-24-19(15-8-4-9-16(22)12-15)26(25-21)18-11-5-10-17(13-18)23-20(27)14-6-3-7-14/h4-5,8-14H,2-3,6-7H2,1H3,(H,23,27). The van der Waals surface area contributed by atoms with Crippen molar-refractivity contribution in [3.63, 3.8) is 0 Å². The van der Waals surface area contributed by atoms with E-state index in [1.165, 1.54) is 12.1 Å². The molecule has 0 aliphatic heterocycles. The second-order valence-electron chi connectivity index (χ2n) is 6.74. The van der Waals surface area contributed by atoms with Gasteiger partial charge in [0.2, 0.25) is 5.91 Å². The molecule has 1 N–H and O–H groups in total. The maximum atomic E-state index is 13.7. The third kappa shape index (κ3) is 3.74. The molecule has 1 heterocycles. The second kappa shape index (κ2) is 7.80. The molecule has 2 aromatic carbocycles. The summed E-state index contributed by atoms with van der Waals surface area (Å²) < 4.78 is 20.8. The van der Waals surface area contributed by atoms with Crippen LogP contribution in [0.3, 0.4) is 0 Å². The molecule has 0 radical (unpaired) electrons. The van der Waals surface area contributed by atoms with E-state index in [1.807, 2.05) is 31.2 Å². The number of carbonyl (C=O) groups is 1. The number of rotatable bonds is 6. The summed E-state index contributed by atoms with van der Waals surface area (Å²) in [6, 6.07) is 13.7. The maximum Gasteiger partial charge on any atom is 0.336 e. The molecule has 1 fully saturated rings. The highest BCUT2D eigenvalue weighted by molar-refractivity contribution is 5.93. The van der Waals surface area contributed by atoms with Gasteiger partial charge in [-0.1, -0.05) is 24.6 Å². The molecular weight excluding hydrogens is 359 g/mol. The first-order valence-electron chi connectivity index (χ1n) is 9.41. The molecule has 0 saturated heterocycles. The number of carbonyl (C=O) groups excluding carboxylic acids is 1. The van der Waals surface area contributed by atoms with Crippen LogP contribution in [0.1, 0.15) is 26.2 Å². The van der Waals surface area contributed by atoms with Gasteiger partial charge in [0.25, 0.3) is 0 Å². The predicted molar refractivity (Wildman–Crippen MR) is 104 cm³/mol. The average Bonchev–Trinajstić information content (AvgIpc) is 3.05. The van der Waals surface area contributed by atoms with Crippen LogP contribution >= 0.6 is 0 Å². The van der Waals surface area contributed by atoms with Gasteiger partial charge < -0.3 is 10.1 Å². The van der Waals surface area contributed by atoms with Crippen LogP contribution in [-0.2, 0) is 4.79 Å². The summed E-state index contributed by atoms with van der Waals surface area (Å²) in [6.07, 6.45) is 2.99. The minimum atomic E-state index is -0.355. The Kier molecular flexibility index (Phi) is 5.06. The van der Waals surface area contributed by atoms with Gasteiger partial charge in [-0.25, -0.2) is 9.07 Å². The number of ether oxygens (including phenoxy) is 1. The summed E-state index contributed by atoms with van der Waals surface area (Å²) >= 11 is 0. The van der Waals surface area contributed by atoms with Crippen LogP contribution in [0.5, 0.6) is 6.01 Å². The van der Waals surface area contributed by atoms with E-state index in [2.05, 4.69) is 15.4 Å². The van der Waals surface area contributed by atoms with Crippen molar-refractivity contribution >= 4 is 11.6 Å². The first kappa shape index (κ1) is 18.2. The molecule has 1 aliphatic carbocycles. The van der Waals surface area contributed by atoms with Crippen LogP contribution in [0.4, 0.5) is 10.1 Å². The summed E-state index contributed by atoms with van der Waals surface area (Å²) in [6.45, 7) is 2.27. The molecule has 0 bridgehead atoms. The first-order chi connectivity index (χ1) is 13.6. The Morgan fingerprint density at radius 3 is 2.79 bits per heavy atom. The number of nitrogens with zero attached hydrogens (tertiary/aromatic N) is 3. The number of hydrogen-bond acceptors (Lipinski definition) is 4. The van der Waals surface area contributed by atoms with Crippen molar-refractivity contribution in [2.24, 2.45) is 5.92 Å². The Bertz CT molecular complexity index is 998. The highest BCUT2D eigenvalue weighted by Crippen LogP contribution is 2.29. The van der Waals surface area contributed by atoms with Gasteiger partial charge in [0.15, 0.2) is 5.82 Å². The van der Waals surface area contributed by atoms with Gasteiger partial charge in [-0.3, -0.25) is 4.79 Å². The molecule has 0 spiro atoms. The Morgan fingerprint density at radius 1 is 1.25 bits per heavy atom. The molecule has 0 unspecified atom stereocenters. The summed E-state index contributed by atoms with van der Waals surface area (Å²) in [5.74, 6) is 0.252. The molecule has 3 aromatic rings. The zero-order valence-electron chi connectivity index (χ0n) is 15.6. The molecule has 4 rings (SSSR count). The fourth-order valence-electron chi connectivity index (χ4n) is 3.11. The van der Waals surface area contributed by atoms with E-state index in [1.54, 1.807) is 16.8 Å². The van der Waals surface area contributed by atoms with Crippen LogP contribution in [0.25, 0.3) is 17.1 Å². The Morgan fingerprint density at radius 2 is 2.07 bits per heavy atom. The van der Waals surface area contributed by atoms with E-state index in [0.29, 0.717) is 29.4 Å². The Balaban J connectivity index is 1.69. The number of benzene rings is 2. The number of nitrogens with one attached hydrogen (secondary N) is 1. The molecule has 6 nitrogen and oxygen atoms in total. The highest BCUT2D eigenvalue weighted by atomic mass is 19.1. The zero-order chi connectivity index (χ0) is 19.5. The first-order valence-corrected chi connectivity index (χ1v) is 9.41. The van der Waals surface area contributed by atoms with Gasteiger partial charge in [-0.2, -0.15) is 4.98 Å². The van der Waals surface area contributed by atoms with E-state index in [0.717, 1.165) is 19.3 Å². The van der Waals surface area contributed by atoms with Crippen molar-refractivity contribution in [3.8, 4) is 23.1 Å². The van der Waals surface area contributed by atoms with Crippen LogP contribution in [-0.4, -0.2) is 27.3 Å². The zero-order valence-corrected chi connectivity index (χ0v) is 15.6. The quantitative estimate of drug-likeness (QED) is 0.695. The SMILES string of the molecule is CCOc1nc(-c2cccc(F)c2)n(-c2cccc(NC(=O)C3CCC3)c2)n1. The molecule has 1 aromatic heterocycles. The summed E-state index contributed by atoms with van der Waals surface area (Å²) in [5, 5.41) is 7.37. The Hall–Kier alpha value is -3.22. The largest absolute Gasteiger partial charge is 0.463 e. The van der Waals surface area contributed by atoms with Crippen molar-refractivity contribution in [2.75, 3.05) is 11.9 Å². The lowest BCUT2D eigenvalue weighted by atomic mass is 9.85. The molecular formula is C21H21FN4O2. The number of amides is 1. The van der Waals surface area contributed by atoms with Gasteiger partial charge in [0.1, 0.15) is 5.82 Å². The molecule has 1 amide bonds. The third-order valence-corrected chi connectivity index (χ3v) is 4.78. The van der Waals surface area contributed by atoms with Crippen molar-refractivity contribution in [2.45, 2.75) is 26.2 Å². The lowest BCUT2D eigenvalue weighted by molar-refractivity contribution is -0.122. The molecule has 144 valence electrons. The fourth-order valence-corrected chi connectivity index (χ4v) is 3.11. The van der Waals surface area contributed by atoms with Gasteiger partial charge in [0, 0.05) is 17.2 Å². The molecule has 28 heavy (non-hydrogen) atoms. The fraction of sp³-hybridized carbons (Fsp3) is 0.286. The number of aromatic nitrogens is 3. The van der Waals surface area contributed by atoms with Gasteiger partial charge in [-0.15, -0.1) is 5.10 Å². The van der Waals surface area contributed by atoms with Gasteiger partial charge >= 0.3 is 6.01 Å². The van der Waals surface area contributed by atoms with E-state index in [9.17, 15) is 9.18 Å². The molecule has 0 atom stereocenters. The van der Waals surface area contributed by atoms with Crippen molar-refractivity contribution < 1.29 is 13.9 Å². The van der Waals surface area contributed by atoms with E-state index in [4.69, 9.17) is 4.74 Å². The van der Waals surface area contributed by atoms with Crippen LogP contribution in [0.15, 0.2) is 48.5 Å². The summed E-state index contributed by atoms with van der Waals surface area (Å²) in [7, 11) is 0. The second-order valence-corrected chi connectivity index (χ2v) is 6.74. The monoisotopic (exact) mass is 380 g/mol. The third-order valence-electron chi connectivity index (χ3n) is 4.78. The van der Waals surface area contributed by atoms with Gasteiger partial charge in [0.05, 0.1) is 12.3 Å².